The minimum atomic E-state index is -3.65. The van der Waals surface area contributed by atoms with Gasteiger partial charge in [-0.3, -0.25) is 4.98 Å². The average molecular weight is 365 g/mol. The summed E-state index contributed by atoms with van der Waals surface area (Å²) in [7, 11) is -3.65. The van der Waals surface area contributed by atoms with Crippen molar-refractivity contribution in [2.45, 2.75) is 18.7 Å². The SMILES string of the molecule is Cc1ccc(OCC#CCNS(=O)(=O)c2cccc(Cl)c2C)cn1. The third-order valence-electron chi connectivity index (χ3n) is 3.18. The summed E-state index contributed by atoms with van der Waals surface area (Å²) in [5, 5.41) is 0.407. The Bertz CT molecular complexity index is 869. The third kappa shape index (κ3) is 4.96. The van der Waals surface area contributed by atoms with Gasteiger partial charge < -0.3 is 4.74 Å². The van der Waals surface area contributed by atoms with Crippen LogP contribution in [0.5, 0.6) is 5.75 Å². The molecule has 0 unspecified atom stereocenters. The monoisotopic (exact) mass is 364 g/mol. The van der Waals surface area contributed by atoms with Crippen LogP contribution in [0.25, 0.3) is 0 Å². The number of rotatable bonds is 5. The molecule has 5 nitrogen and oxygen atoms in total. The highest BCUT2D eigenvalue weighted by molar-refractivity contribution is 7.89. The van der Waals surface area contributed by atoms with E-state index in [9.17, 15) is 8.42 Å². The van der Waals surface area contributed by atoms with E-state index in [0.717, 1.165) is 5.69 Å². The van der Waals surface area contributed by atoms with Crippen LogP contribution < -0.4 is 9.46 Å². The van der Waals surface area contributed by atoms with E-state index in [2.05, 4.69) is 21.5 Å². The lowest BCUT2D eigenvalue weighted by Crippen LogP contribution is -2.24. The lowest BCUT2D eigenvalue weighted by Gasteiger charge is -2.08. The zero-order valence-corrected chi connectivity index (χ0v) is 14.9. The second kappa shape index (κ2) is 8.15. The zero-order chi connectivity index (χ0) is 17.6. The van der Waals surface area contributed by atoms with Gasteiger partial charge in [0.15, 0.2) is 0 Å². The minimum absolute atomic E-state index is 0.0101. The largest absolute Gasteiger partial charge is 0.479 e. The fraction of sp³-hybridized carbons (Fsp3) is 0.235. The van der Waals surface area contributed by atoms with E-state index in [-0.39, 0.29) is 18.0 Å². The molecule has 1 aromatic carbocycles. The average Bonchev–Trinajstić information content (AvgIpc) is 2.55. The van der Waals surface area contributed by atoms with Crippen LogP contribution in [-0.2, 0) is 10.0 Å². The maximum Gasteiger partial charge on any atom is 0.241 e. The standard InChI is InChI=1S/C17H17ClN2O3S/c1-13-8-9-15(12-19-13)23-11-4-3-10-20-24(21,22)17-7-5-6-16(18)14(17)2/h5-9,12,20H,10-11H2,1-2H3. The van der Waals surface area contributed by atoms with Crippen molar-refractivity contribution in [2.75, 3.05) is 13.2 Å². The summed E-state index contributed by atoms with van der Waals surface area (Å²) in [6, 6.07) is 8.38. The molecule has 1 N–H and O–H groups in total. The van der Waals surface area contributed by atoms with Crippen LogP contribution >= 0.6 is 11.6 Å². The molecule has 2 rings (SSSR count). The van der Waals surface area contributed by atoms with Gasteiger partial charge in [-0.05, 0) is 43.7 Å². The van der Waals surface area contributed by atoms with Crippen LogP contribution in [0.4, 0.5) is 0 Å². The molecule has 0 amide bonds. The molecule has 0 spiro atoms. The Morgan fingerprint density at radius 3 is 2.71 bits per heavy atom. The Labute approximate surface area is 147 Å². The number of benzene rings is 1. The predicted octanol–water partition coefficient (Wildman–Crippen LogP) is 2.71. The molecule has 24 heavy (non-hydrogen) atoms. The van der Waals surface area contributed by atoms with Crippen molar-refractivity contribution in [3.8, 4) is 17.6 Å². The molecule has 0 atom stereocenters. The molecule has 126 valence electrons. The normalized spacial score (nSPS) is 10.8. The second-order valence-electron chi connectivity index (χ2n) is 4.97. The van der Waals surface area contributed by atoms with Crippen LogP contribution in [-0.4, -0.2) is 26.6 Å². The van der Waals surface area contributed by atoms with Crippen molar-refractivity contribution >= 4 is 21.6 Å². The molecular weight excluding hydrogens is 348 g/mol. The van der Waals surface area contributed by atoms with Crippen LogP contribution in [0.2, 0.25) is 5.02 Å². The van der Waals surface area contributed by atoms with Crippen LogP contribution in [0, 0.1) is 25.7 Å². The fourth-order valence-corrected chi connectivity index (χ4v) is 3.28. The molecule has 2 aromatic rings. The zero-order valence-electron chi connectivity index (χ0n) is 13.3. The highest BCUT2D eigenvalue weighted by Crippen LogP contribution is 2.22. The van der Waals surface area contributed by atoms with Gasteiger partial charge in [0.25, 0.3) is 0 Å². The highest BCUT2D eigenvalue weighted by Gasteiger charge is 2.16. The van der Waals surface area contributed by atoms with Crippen molar-refractivity contribution < 1.29 is 13.2 Å². The summed E-state index contributed by atoms with van der Waals surface area (Å²) in [5.41, 5.74) is 1.41. The minimum Gasteiger partial charge on any atom is -0.479 e. The molecule has 1 heterocycles. The van der Waals surface area contributed by atoms with Gasteiger partial charge in [0.1, 0.15) is 12.4 Å². The lowest BCUT2D eigenvalue weighted by atomic mass is 10.2. The van der Waals surface area contributed by atoms with Gasteiger partial charge in [0, 0.05) is 10.7 Å². The molecule has 0 aliphatic heterocycles. The molecule has 0 aliphatic carbocycles. The molecule has 0 saturated carbocycles. The van der Waals surface area contributed by atoms with Gasteiger partial charge in [-0.15, -0.1) is 0 Å². The maximum absolute atomic E-state index is 12.2. The van der Waals surface area contributed by atoms with E-state index in [1.807, 2.05) is 13.0 Å². The van der Waals surface area contributed by atoms with Crippen LogP contribution in [0.3, 0.4) is 0 Å². The summed E-state index contributed by atoms with van der Waals surface area (Å²) in [5.74, 6) is 6.07. The van der Waals surface area contributed by atoms with Crippen molar-refractivity contribution in [3.63, 3.8) is 0 Å². The Morgan fingerprint density at radius 2 is 2.00 bits per heavy atom. The second-order valence-corrected chi connectivity index (χ2v) is 7.11. The van der Waals surface area contributed by atoms with Crippen LogP contribution in [0.1, 0.15) is 11.3 Å². The number of hydrogen-bond donors (Lipinski definition) is 1. The van der Waals surface area contributed by atoms with Gasteiger partial charge >= 0.3 is 0 Å². The number of sulfonamides is 1. The lowest BCUT2D eigenvalue weighted by molar-refractivity contribution is 0.368. The van der Waals surface area contributed by atoms with E-state index in [1.54, 1.807) is 31.3 Å². The summed E-state index contributed by atoms with van der Waals surface area (Å²) in [6.07, 6.45) is 1.61. The van der Waals surface area contributed by atoms with Crippen molar-refractivity contribution in [2.24, 2.45) is 0 Å². The van der Waals surface area contributed by atoms with Crippen molar-refractivity contribution in [1.82, 2.24) is 9.71 Å². The van der Waals surface area contributed by atoms with E-state index in [4.69, 9.17) is 16.3 Å². The first kappa shape index (κ1) is 18.3. The Morgan fingerprint density at radius 1 is 1.21 bits per heavy atom. The van der Waals surface area contributed by atoms with E-state index >= 15 is 0 Å². The van der Waals surface area contributed by atoms with Crippen molar-refractivity contribution in [3.05, 3.63) is 52.8 Å². The number of aromatic nitrogens is 1. The van der Waals surface area contributed by atoms with Gasteiger partial charge in [0.2, 0.25) is 10.0 Å². The van der Waals surface area contributed by atoms with Crippen LogP contribution in [0.15, 0.2) is 41.4 Å². The summed E-state index contributed by atoms with van der Waals surface area (Å²) in [6.45, 7) is 3.69. The summed E-state index contributed by atoms with van der Waals surface area (Å²) in [4.78, 5) is 4.25. The van der Waals surface area contributed by atoms with Gasteiger partial charge in [-0.25, -0.2) is 8.42 Å². The van der Waals surface area contributed by atoms with Gasteiger partial charge in [0.05, 0.1) is 17.6 Å². The first-order valence-electron chi connectivity index (χ1n) is 7.16. The Balaban J connectivity index is 1.87. The predicted molar refractivity (Wildman–Crippen MR) is 93.6 cm³/mol. The molecule has 0 radical (unpaired) electrons. The van der Waals surface area contributed by atoms with Crippen molar-refractivity contribution in [1.29, 1.82) is 0 Å². The fourth-order valence-electron chi connectivity index (χ4n) is 1.86. The Kier molecular flexibility index (Phi) is 6.21. The number of nitrogens with one attached hydrogen (secondary N) is 1. The maximum atomic E-state index is 12.2. The first-order chi connectivity index (χ1) is 11.4. The number of aryl methyl sites for hydroxylation is 1. The summed E-state index contributed by atoms with van der Waals surface area (Å²) < 4.78 is 32.2. The van der Waals surface area contributed by atoms with Gasteiger partial charge in [-0.2, -0.15) is 4.72 Å². The topological polar surface area (TPSA) is 68.3 Å². The molecule has 1 aromatic heterocycles. The number of halogens is 1. The van der Waals surface area contributed by atoms with E-state index < -0.39 is 10.0 Å². The number of nitrogens with zero attached hydrogens (tertiary/aromatic N) is 1. The number of ether oxygens (including phenoxy) is 1. The molecule has 0 bridgehead atoms. The van der Waals surface area contributed by atoms with Gasteiger partial charge in [-0.1, -0.05) is 29.5 Å². The molecule has 0 fully saturated rings. The molecule has 7 heteroatoms. The first-order valence-corrected chi connectivity index (χ1v) is 9.02. The van der Waals surface area contributed by atoms with E-state index in [1.165, 1.54) is 6.07 Å². The molecule has 0 aliphatic rings. The number of pyridine rings is 1. The molecular formula is C17H17ClN2O3S. The smallest absolute Gasteiger partial charge is 0.241 e. The number of hydrogen-bond acceptors (Lipinski definition) is 4. The molecule has 0 saturated heterocycles. The third-order valence-corrected chi connectivity index (χ3v) is 5.13. The van der Waals surface area contributed by atoms with E-state index in [0.29, 0.717) is 16.3 Å². The summed E-state index contributed by atoms with van der Waals surface area (Å²) >= 11 is 5.95. The highest BCUT2D eigenvalue weighted by atomic mass is 35.5. The Hall–Kier alpha value is -2.07. The quantitative estimate of drug-likeness (QED) is 0.828.